The van der Waals surface area contributed by atoms with Crippen LogP contribution in [0.4, 0.5) is 0 Å². The summed E-state index contributed by atoms with van der Waals surface area (Å²) in [6.07, 6.45) is 0.295. The van der Waals surface area contributed by atoms with E-state index in [1.54, 1.807) is 0 Å². The highest BCUT2D eigenvalue weighted by Crippen LogP contribution is 2.34. The Balaban J connectivity index is 1.78. The van der Waals surface area contributed by atoms with Gasteiger partial charge in [0.25, 0.3) is 0 Å². The maximum Gasteiger partial charge on any atom is 0.184 e. The van der Waals surface area contributed by atoms with Gasteiger partial charge in [-0.05, 0) is 31.9 Å². The van der Waals surface area contributed by atoms with E-state index in [1.165, 1.54) is 11.3 Å². The lowest BCUT2D eigenvalue weighted by atomic mass is 10.1. The van der Waals surface area contributed by atoms with Gasteiger partial charge in [0.15, 0.2) is 21.2 Å². The van der Waals surface area contributed by atoms with E-state index >= 15 is 0 Å². The van der Waals surface area contributed by atoms with Gasteiger partial charge in [0.2, 0.25) is 0 Å². The van der Waals surface area contributed by atoms with Crippen molar-refractivity contribution in [3.05, 3.63) is 62.2 Å². The minimum Gasteiger partial charge on any atom is -0.446 e. The van der Waals surface area contributed by atoms with Crippen LogP contribution in [0, 0.1) is 0 Å². The van der Waals surface area contributed by atoms with E-state index in [0.29, 0.717) is 22.4 Å². The van der Waals surface area contributed by atoms with E-state index in [2.05, 4.69) is 36.8 Å². The maximum atomic E-state index is 12.1. The zero-order valence-electron chi connectivity index (χ0n) is 10.7. The lowest BCUT2D eigenvalue weighted by Gasteiger charge is -1.97. The first kappa shape index (κ1) is 14.7. The molecule has 0 saturated heterocycles. The van der Waals surface area contributed by atoms with Crippen LogP contribution in [0.3, 0.4) is 0 Å². The predicted octanol–water partition coefficient (Wildman–Crippen LogP) is 5.35. The van der Waals surface area contributed by atoms with Gasteiger partial charge in [-0.1, -0.05) is 30.3 Å². The monoisotopic (exact) mass is 425 g/mol. The minimum absolute atomic E-state index is 0.0641. The molecule has 106 valence electrons. The number of Topliss-reactive ketones (excluding diaryl/α,β-unsaturated/α-hetero) is 1. The average Bonchev–Trinajstić information content (AvgIpc) is 3.07. The summed E-state index contributed by atoms with van der Waals surface area (Å²) in [7, 11) is 0. The normalized spacial score (nSPS) is 10.8. The second kappa shape index (κ2) is 6.25. The van der Waals surface area contributed by atoms with Crippen molar-refractivity contribution in [2.75, 3.05) is 0 Å². The number of hydrogen-bond donors (Lipinski definition) is 0. The minimum atomic E-state index is 0.0641. The fourth-order valence-electron chi connectivity index (χ4n) is 1.84. The second-order valence-electron chi connectivity index (χ2n) is 4.34. The van der Waals surface area contributed by atoms with Crippen molar-refractivity contribution >= 4 is 49.0 Å². The van der Waals surface area contributed by atoms with Gasteiger partial charge < -0.3 is 4.42 Å². The van der Waals surface area contributed by atoms with Gasteiger partial charge in [-0.2, -0.15) is 0 Å². The molecule has 6 heteroatoms. The summed E-state index contributed by atoms with van der Waals surface area (Å²) in [5.74, 6) is 0.742. The smallest absolute Gasteiger partial charge is 0.184 e. The molecule has 2 aromatic heterocycles. The molecule has 21 heavy (non-hydrogen) atoms. The summed E-state index contributed by atoms with van der Waals surface area (Å²) >= 11 is 8.14. The molecule has 0 radical (unpaired) electrons. The molecule has 1 aromatic carbocycles. The van der Waals surface area contributed by atoms with Gasteiger partial charge in [0.1, 0.15) is 0 Å². The van der Waals surface area contributed by atoms with Gasteiger partial charge >= 0.3 is 0 Å². The fraction of sp³-hybridized carbons (Fsp3) is 0.0667. The quantitative estimate of drug-likeness (QED) is 0.528. The Labute approximate surface area is 142 Å². The molecule has 0 saturated carbocycles. The third-order valence-corrected chi connectivity index (χ3v) is 5.46. The average molecular weight is 427 g/mol. The molecule has 3 nitrogen and oxygen atoms in total. The number of aromatic nitrogens is 1. The third-order valence-electron chi connectivity index (χ3n) is 2.85. The van der Waals surface area contributed by atoms with Crippen molar-refractivity contribution < 1.29 is 9.21 Å². The van der Waals surface area contributed by atoms with E-state index < -0.39 is 0 Å². The summed E-state index contributed by atoms with van der Waals surface area (Å²) in [5, 5.41) is 2.65. The highest BCUT2D eigenvalue weighted by Gasteiger charge is 2.14. The summed E-state index contributed by atoms with van der Waals surface area (Å²) in [4.78, 5) is 16.6. The van der Waals surface area contributed by atoms with Gasteiger partial charge in [-0.15, -0.1) is 11.3 Å². The number of carbonyl (C=O) groups excluding carboxylic acids is 1. The Morgan fingerprint density at radius 1 is 1.24 bits per heavy atom. The Morgan fingerprint density at radius 3 is 2.67 bits per heavy atom. The molecule has 0 aliphatic rings. The first-order valence-corrected chi connectivity index (χ1v) is 8.58. The van der Waals surface area contributed by atoms with Crippen LogP contribution in [0.5, 0.6) is 0 Å². The number of carbonyl (C=O) groups is 1. The van der Waals surface area contributed by atoms with Gasteiger partial charge in [0.05, 0.1) is 16.6 Å². The Morgan fingerprint density at radius 2 is 2.00 bits per heavy atom. The molecular formula is C15H9Br2NO2S. The number of hydrogen-bond acceptors (Lipinski definition) is 4. The zero-order chi connectivity index (χ0) is 14.8. The van der Waals surface area contributed by atoms with Crippen molar-refractivity contribution in [3.8, 4) is 10.8 Å². The van der Waals surface area contributed by atoms with Crippen LogP contribution in [-0.4, -0.2) is 10.8 Å². The molecular weight excluding hydrogens is 418 g/mol. The number of thiazole rings is 1. The molecule has 0 amide bonds. The number of halogens is 2. The fourth-order valence-corrected chi connectivity index (χ4v) is 3.19. The van der Waals surface area contributed by atoms with Crippen molar-refractivity contribution in [1.29, 1.82) is 0 Å². The van der Waals surface area contributed by atoms with Gasteiger partial charge in [-0.3, -0.25) is 4.79 Å². The predicted molar refractivity (Wildman–Crippen MR) is 89.7 cm³/mol. The number of ketones is 1. The van der Waals surface area contributed by atoms with Crippen LogP contribution in [0.1, 0.15) is 16.1 Å². The number of benzene rings is 1. The molecule has 0 atom stereocenters. The van der Waals surface area contributed by atoms with Gasteiger partial charge in [-0.25, -0.2) is 4.98 Å². The first-order chi connectivity index (χ1) is 10.1. The molecule has 2 heterocycles. The third kappa shape index (κ3) is 3.33. The van der Waals surface area contributed by atoms with Crippen molar-refractivity contribution in [3.63, 3.8) is 0 Å². The van der Waals surface area contributed by atoms with Crippen molar-refractivity contribution in [1.82, 2.24) is 4.98 Å². The highest BCUT2D eigenvalue weighted by molar-refractivity contribution is 9.13. The molecule has 0 unspecified atom stereocenters. The topological polar surface area (TPSA) is 43.1 Å². The summed E-state index contributed by atoms with van der Waals surface area (Å²) in [6, 6.07) is 11.1. The largest absolute Gasteiger partial charge is 0.446 e. The lowest BCUT2D eigenvalue weighted by molar-refractivity contribution is 0.0992. The Hall–Kier alpha value is -1.24. The molecule has 0 N–H and O–H groups in total. The molecule has 0 aliphatic carbocycles. The number of nitrogens with zero attached hydrogens (tertiary/aromatic N) is 1. The zero-order valence-corrected chi connectivity index (χ0v) is 14.7. The summed E-state index contributed by atoms with van der Waals surface area (Å²) in [5.41, 5.74) is 1.46. The van der Waals surface area contributed by atoms with Crippen molar-refractivity contribution in [2.24, 2.45) is 0 Å². The van der Waals surface area contributed by atoms with E-state index in [9.17, 15) is 4.79 Å². The molecule has 3 aromatic rings. The van der Waals surface area contributed by atoms with E-state index in [4.69, 9.17) is 4.42 Å². The van der Waals surface area contributed by atoms with E-state index in [-0.39, 0.29) is 5.78 Å². The summed E-state index contributed by atoms with van der Waals surface area (Å²) in [6.45, 7) is 0. The number of rotatable bonds is 4. The van der Waals surface area contributed by atoms with Crippen LogP contribution in [0.2, 0.25) is 0 Å². The molecule has 0 aliphatic heterocycles. The molecule has 0 spiro atoms. The Kier molecular flexibility index (Phi) is 4.37. The van der Waals surface area contributed by atoms with E-state index in [0.717, 1.165) is 15.2 Å². The Bertz CT molecular complexity index is 761. The van der Waals surface area contributed by atoms with E-state index in [1.807, 2.05) is 41.8 Å². The maximum absolute atomic E-state index is 12.1. The molecule has 3 rings (SSSR count). The number of furan rings is 1. The first-order valence-electron chi connectivity index (χ1n) is 6.11. The highest BCUT2D eigenvalue weighted by atomic mass is 79.9. The van der Waals surface area contributed by atoms with Gasteiger partial charge in [0, 0.05) is 17.0 Å². The standard InChI is InChI=1S/C15H9Br2NO2S/c16-11-7-13(20-14(11)17)15-18-10(8-21-15)6-12(19)9-4-2-1-3-5-9/h1-5,7-8H,6H2. The van der Waals surface area contributed by atoms with Crippen LogP contribution in [0.15, 0.2) is 55.3 Å². The summed E-state index contributed by atoms with van der Waals surface area (Å²) < 4.78 is 7.01. The van der Waals surface area contributed by atoms with Crippen molar-refractivity contribution in [2.45, 2.75) is 6.42 Å². The molecule has 0 fully saturated rings. The SMILES string of the molecule is O=C(Cc1csc(-c2cc(Br)c(Br)o2)n1)c1ccccc1. The second-order valence-corrected chi connectivity index (χ2v) is 6.77. The lowest BCUT2D eigenvalue weighted by Crippen LogP contribution is -2.03. The van der Waals surface area contributed by atoms with Crippen LogP contribution in [-0.2, 0) is 6.42 Å². The van der Waals surface area contributed by atoms with Crippen LogP contribution < -0.4 is 0 Å². The van der Waals surface area contributed by atoms with Crippen LogP contribution in [0.25, 0.3) is 10.8 Å². The molecule has 0 bridgehead atoms. The van der Waals surface area contributed by atoms with Crippen LogP contribution >= 0.6 is 43.2 Å².